The molecule has 3 N–H and O–H groups in total. The van der Waals surface area contributed by atoms with Gasteiger partial charge in [0.1, 0.15) is 11.6 Å². The Labute approximate surface area is 114 Å². The lowest BCUT2D eigenvalue weighted by Gasteiger charge is -2.07. The van der Waals surface area contributed by atoms with Crippen LogP contribution >= 0.6 is 0 Å². The second-order valence-electron chi connectivity index (χ2n) is 4.31. The molecule has 1 atom stereocenters. The molecular formula is C14H12FN5. The highest BCUT2D eigenvalue weighted by molar-refractivity contribution is 5.53. The summed E-state index contributed by atoms with van der Waals surface area (Å²) >= 11 is 0. The van der Waals surface area contributed by atoms with Crippen LogP contribution in [-0.4, -0.2) is 20.2 Å². The molecule has 1 aromatic carbocycles. The van der Waals surface area contributed by atoms with E-state index in [1.807, 2.05) is 12.1 Å². The van der Waals surface area contributed by atoms with Crippen molar-refractivity contribution in [2.75, 3.05) is 0 Å². The van der Waals surface area contributed by atoms with Crippen LogP contribution in [-0.2, 0) is 0 Å². The molecule has 0 spiro atoms. The van der Waals surface area contributed by atoms with Gasteiger partial charge in [0.25, 0.3) is 0 Å². The van der Waals surface area contributed by atoms with E-state index in [-0.39, 0.29) is 5.82 Å². The van der Waals surface area contributed by atoms with E-state index < -0.39 is 6.04 Å². The predicted molar refractivity (Wildman–Crippen MR) is 72.0 cm³/mol. The van der Waals surface area contributed by atoms with Crippen LogP contribution < -0.4 is 5.73 Å². The number of nitrogens with two attached hydrogens (primary N) is 1. The van der Waals surface area contributed by atoms with E-state index in [4.69, 9.17) is 5.73 Å². The zero-order chi connectivity index (χ0) is 13.9. The lowest BCUT2D eigenvalue weighted by atomic mass is 10.1. The number of aromatic amines is 1. The maximum absolute atomic E-state index is 12.9. The van der Waals surface area contributed by atoms with Gasteiger partial charge in [-0.25, -0.2) is 9.37 Å². The quantitative estimate of drug-likeness (QED) is 0.762. The summed E-state index contributed by atoms with van der Waals surface area (Å²) in [6.07, 6.45) is 3.34. The zero-order valence-electron chi connectivity index (χ0n) is 10.5. The molecule has 5 nitrogen and oxygen atoms in total. The van der Waals surface area contributed by atoms with Crippen molar-refractivity contribution in [1.29, 1.82) is 0 Å². The lowest BCUT2D eigenvalue weighted by molar-refractivity contribution is 0.626. The lowest BCUT2D eigenvalue weighted by Crippen LogP contribution is -2.13. The monoisotopic (exact) mass is 269 g/mol. The minimum atomic E-state index is -0.473. The Morgan fingerprint density at radius 2 is 1.75 bits per heavy atom. The molecule has 0 aliphatic carbocycles. The number of H-pyrrole nitrogens is 1. The van der Waals surface area contributed by atoms with Gasteiger partial charge in [-0.05, 0) is 29.8 Å². The molecule has 0 aliphatic rings. The molecule has 2 heterocycles. The van der Waals surface area contributed by atoms with Gasteiger partial charge in [0.2, 0.25) is 0 Å². The van der Waals surface area contributed by atoms with Crippen LogP contribution in [0.15, 0.2) is 48.8 Å². The summed E-state index contributed by atoms with van der Waals surface area (Å²) in [5.74, 6) is 0.791. The Morgan fingerprint density at radius 3 is 2.45 bits per heavy atom. The van der Waals surface area contributed by atoms with E-state index in [2.05, 4.69) is 20.2 Å². The van der Waals surface area contributed by atoms with Gasteiger partial charge in [-0.1, -0.05) is 12.1 Å². The van der Waals surface area contributed by atoms with Crippen LogP contribution in [0.1, 0.15) is 17.4 Å². The number of pyridine rings is 1. The molecule has 0 fully saturated rings. The molecule has 20 heavy (non-hydrogen) atoms. The average molecular weight is 269 g/mol. The Morgan fingerprint density at radius 1 is 1.05 bits per heavy atom. The highest BCUT2D eigenvalue weighted by Crippen LogP contribution is 2.19. The summed E-state index contributed by atoms with van der Waals surface area (Å²) in [4.78, 5) is 8.31. The van der Waals surface area contributed by atoms with E-state index in [1.165, 1.54) is 12.1 Å². The highest BCUT2D eigenvalue weighted by atomic mass is 19.1. The molecule has 0 aliphatic heterocycles. The maximum atomic E-state index is 12.9. The molecule has 3 aromatic rings. The number of hydrogen-bond donors (Lipinski definition) is 2. The van der Waals surface area contributed by atoms with E-state index in [1.54, 1.807) is 24.5 Å². The van der Waals surface area contributed by atoms with Crippen LogP contribution in [0.25, 0.3) is 11.4 Å². The Bertz CT molecular complexity index is 693. The van der Waals surface area contributed by atoms with Crippen LogP contribution in [0.3, 0.4) is 0 Å². The average Bonchev–Trinajstić information content (AvgIpc) is 2.98. The summed E-state index contributed by atoms with van der Waals surface area (Å²) in [6, 6.07) is 9.17. The number of aromatic nitrogens is 4. The molecule has 3 rings (SSSR count). The summed E-state index contributed by atoms with van der Waals surface area (Å²) in [6.45, 7) is 0. The van der Waals surface area contributed by atoms with E-state index >= 15 is 0 Å². The first-order valence-corrected chi connectivity index (χ1v) is 6.08. The second-order valence-corrected chi connectivity index (χ2v) is 4.31. The van der Waals surface area contributed by atoms with Crippen LogP contribution in [0.5, 0.6) is 0 Å². The fourth-order valence-electron chi connectivity index (χ4n) is 1.87. The van der Waals surface area contributed by atoms with Gasteiger partial charge in [-0.15, -0.1) is 0 Å². The topological polar surface area (TPSA) is 80.5 Å². The van der Waals surface area contributed by atoms with Gasteiger partial charge in [-0.2, -0.15) is 5.10 Å². The fraction of sp³-hybridized carbons (Fsp3) is 0.0714. The minimum absolute atomic E-state index is 0.295. The fourth-order valence-corrected chi connectivity index (χ4v) is 1.87. The van der Waals surface area contributed by atoms with E-state index in [9.17, 15) is 4.39 Å². The van der Waals surface area contributed by atoms with Crippen LogP contribution in [0.2, 0.25) is 0 Å². The molecule has 0 unspecified atom stereocenters. The Kier molecular flexibility index (Phi) is 3.22. The molecule has 100 valence electrons. The summed E-state index contributed by atoms with van der Waals surface area (Å²) < 4.78 is 12.9. The highest BCUT2D eigenvalue weighted by Gasteiger charge is 2.14. The molecule has 0 saturated heterocycles. The number of benzene rings is 1. The molecule has 0 amide bonds. The third-order valence-corrected chi connectivity index (χ3v) is 2.96. The third kappa shape index (κ3) is 2.41. The normalized spacial score (nSPS) is 12.3. The van der Waals surface area contributed by atoms with Crippen LogP contribution in [0, 0.1) is 5.82 Å². The molecule has 0 bridgehead atoms. The van der Waals surface area contributed by atoms with Crippen molar-refractivity contribution in [1.82, 2.24) is 20.2 Å². The van der Waals surface area contributed by atoms with Gasteiger partial charge in [0.05, 0.1) is 6.04 Å². The smallest absolute Gasteiger partial charge is 0.181 e. The van der Waals surface area contributed by atoms with Crippen molar-refractivity contribution in [2.24, 2.45) is 5.73 Å². The Balaban J connectivity index is 1.88. The van der Waals surface area contributed by atoms with Crippen molar-refractivity contribution >= 4 is 0 Å². The number of nitrogens with one attached hydrogen (secondary N) is 1. The summed E-state index contributed by atoms with van der Waals surface area (Å²) in [5.41, 5.74) is 7.71. The molecule has 0 saturated carbocycles. The van der Waals surface area contributed by atoms with E-state index in [0.29, 0.717) is 11.6 Å². The predicted octanol–water partition coefficient (Wildman–Crippen LogP) is 2.05. The van der Waals surface area contributed by atoms with Crippen LogP contribution in [0.4, 0.5) is 4.39 Å². The molecule has 6 heteroatoms. The summed E-state index contributed by atoms with van der Waals surface area (Å²) in [5, 5.41) is 6.95. The minimum Gasteiger partial charge on any atom is -0.318 e. The van der Waals surface area contributed by atoms with Crippen molar-refractivity contribution in [3.8, 4) is 11.4 Å². The van der Waals surface area contributed by atoms with E-state index in [0.717, 1.165) is 11.1 Å². The van der Waals surface area contributed by atoms with Gasteiger partial charge < -0.3 is 5.73 Å². The largest absolute Gasteiger partial charge is 0.318 e. The number of hydrogen-bond acceptors (Lipinski definition) is 4. The number of rotatable bonds is 3. The van der Waals surface area contributed by atoms with Crippen molar-refractivity contribution in [3.63, 3.8) is 0 Å². The van der Waals surface area contributed by atoms with Crippen molar-refractivity contribution < 1.29 is 4.39 Å². The van der Waals surface area contributed by atoms with Gasteiger partial charge in [-0.3, -0.25) is 10.1 Å². The SMILES string of the molecule is N[C@@H](c1ccc(F)cc1)c1nc(-c2ccncc2)n[nH]1. The van der Waals surface area contributed by atoms with Gasteiger partial charge in [0, 0.05) is 18.0 Å². The molecular weight excluding hydrogens is 257 g/mol. The Hall–Kier alpha value is -2.60. The first kappa shape index (κ1) is 12.4. The first-order valence-electron chi connectivity index (χ1n) is 6.08. The standard InChI is InChI=1S/C14H12FN5/c15-11-3-1-9(2-4-11)12(16)14-18-13(19-20-14)10-5-7-17-8-6-10/h1-8,12H,16H2,(H,18,19,20)/t12-/m0/s1. The van der Waals surface area contributed by atoms with Crippen molar-refractivity contribution in [3.05, 3.63) is 66.0 Å². The zero-order valence-corrected chi connectivity index (χ0v) is 10.5. The maximum Gasteiger partial charge on any atom is 0.181 e. The van der Waals surface area contributed by atoms with Gasteiger partial charge >= 0.3 is 0 Å². The summed E-state index contributed by atoms with van der Waals surface area (Å²) in [7, 11) is 0. The second kappa shape index (κ2) is 5.18. The molecule has 2 aromatic heterocycles. The first-order chi connectivity index (χ1) is 9.74. The van der Waals surface area contributed by atoms with Crippen molar-refractivity contribution in [2.45, 2.75) is 6.04 Å². The third-order valence-electron chi connectivity index (χ3n) is 2.96. The van der Waals surface area contributed by atoms with Gasteiger partial charge in [0.15, 0.2) is 5.82 Å². The number of nitrogens with zero attached hydrogens (tertiary/aromatic N) is 3. The molecule has 0 radical (unpaired) electrons. The number of halogens is 1.